The van der Waals surface area contributed by atoms with Crippen LogP contribution in [0.15, 0.2) is 384 Å². The molecule has 16 rings (SSSR count). The number of aromatic nitrogens is 8. The Morgan fingerprint density at radius 3 is 0.400 bits per heavy atom. The Balaban J connectivity index is 0.000000421. The molecule has 0 fully saturated rings. The number of hydrogen-bond acceptors (Lipinski definition) is 20. The van der Waals surface area contributed by atoms with Crippen molar-refractivity contribution >= 4 is 229 Å². The van der Waals surface area contributed by atoms with E-state index in [2.05, 4.69) is 39.9 Å². The molecule has 0 aliphatic heterocycles. The van der Waals surface area contributed by atoms with Crippen LogP contribution in [0.5, 0.6) is 0 Å². The minimum absolute atomic E-state index is 0. The van der Waals surface area contributed by atoms with Gasteiger partial charge in [0.05, 0.1) is 72.6 Å². The molecule has 140 heavy (non-hydrogen) atoms. The summed E-state index contributed by atoms with van der Waals surface area (Å²) in [5.41, 5.74) is 7.48. The molecule has 12 aromatic carbocycles. The molecule has 0 bridgehead atoms. The van der Waals surface area contributed by atoms with Gasteiger partial charge >= 0.3 is 68.3 Å². The average Bonchev–Trinajstić information content (AvgIpc) is 0.793. The topological polar surface area (TPSA) is 332 Å². The summed E-state index contributed by atoms with van der Waals surface area (Å²) < 4.78 is 140. The molecule has 0 saturated carbocycles. The molecule has 40 heteroatoms. The van der Waals surface area contributed by atoms with Gasteiger partial charge in [-0.1, -0.05) is 194 Å². The van der Waals surface area contributed by atoms with E-state index in [1.54, 1.807) is 72.8 Å². The van der Waals surface area contributed by atoms with Crippen LogP contribution >= 0.6 is 124 Å². The van der Waals surface area contributed by atoms with Gasteiger partial charge in [-0.25, -0.2) is 73.5 Å². The molecule has 16 aromatic rings. The number of nitrogens with zero attached hydrogens (tertiary/aromatic N) is 8. The molecule has 4 heterocycles. The molecule has 0 atom stereocenters. The first-order valence-electron chi connectivity index (χ1n) is 40.9. The summed E-state index contributed by atoms with van der Waals surface area (Å²) >= 11 is 38.1. The van der Waals surface area contributed by atoms with E-state index in [4.69, 9.17) is 92.8 Å². The van der Waals surface area contributed by atoms with Crippen molar-refractivity contribution in [1.82, 2.24) is 39.9 Å². The van der Waals surface area contributed by atoms with Gasteiger partial charge in [-0.15, -0.1) is 92.8 Å². The van der Waals surface area contributed by atoms with Gasteiger partial charge in [0.1, 0.15) is 104 Å². The number of hydrogen-bond donors (Lipinski definition) is 0. The van der Waals surface area contributed by atoms with Gasteiger partial charge in [-0.3, -0.25) is 0 Å². The third kappa shape index (κ3) is 42.0. The molecule has 0 aliphatic carbocycles. The Labute approximate surface area is 908 Å². The van der Waals surface area contributed by atoms with E-state index in [0.717, 1.165) is 88.0 Å². The summed E-state index contributed by atoms with van der Waals surface area (Å²) in [7, 11) is -24.4. The van der Waals surface area contributed by atoms with Crippen LogP contribution in [-0.2, 0) is 109 Å². The third-order valence-electron chi connectivity index (χ3n) is 18.5. The van der Waals surface area contributed by atoms with Gasteiger partial charge in [-0.05, 0) is 225 Å². The van der Waals surface area contributed by atoms with E-state index >= 15 is 0 Å². The van der Waals surface area contributed by atoms with Gasteiger partial charge in [0.2, 0.25) is 0 Å². The average molecular weight is 2390 g/mol. The predicted molar refractivity (Wildman–Crippen MR) is 568 cm³/mol. The van der Waals surface area contributed by atoms with Crippen LogP contribution in [0.25, 0.3) is 23.3 Å². The van der Waals surface area contributed by atoms with Crippen molar-refractivity contribution in [3.8, 4) is 23.3 Å². The van der Waals surface area contributed by atoms with Gasteiger partial charge in [-0.2, -0.15) is 0 Å². The van der Waals surface area contributed by atoms with Crippen LogP contribution in [-0.4, -0.2) is 113 Å². The normalized spacial score (nSPS) is 10.5. The second-order valence-corrected chi connectivity index (χ2v) is 46.9. The van der Waals surface area contributed by atoms with E-state index in [1.807, 2.05) is 322 Å². The molecule has 4 aromatic heterocycles. The second-order valence-electron chi connectivity index (χ2n) is 28.5. The van der Waals surface area contributed by atoms with Crippen molar-refractivity contribution in [2.75, 3.05) is 21.4 Å². The molecule has 0 unspecified atom stereocenters. The fraction of sp³-hybridized carbons (Fsp3) is 0.120. The minimum atomic E-state index is -4.52. The summed E-state index contributed by atoms with van der Waals surface area (Å²) in [4.78, 5) is 34.3. The van der Waals surface area contributed by atoms with Crippen LogP contribution in [0, 0.1) is 55.4 Å². The maximum absolute atomic E-state index is 11.7. The quantitative estimate of drug-likeness (QED) is 0.0333. The van der Waals surface area contributed by atoms with Crippen molar-refractivity contribution in [2.45, 2.75) is 75.0 Å². The van der Waals surface area contributed by atoms with Crippen LogP contribution in [0.3, 0.4) is 0 Å². The Kier molecular flexibility index (Phi) is 59.8. The SMILES string of the molecule is Cc1cc(C)nc(-c2nc(C)cc(C)n2)n1.Cc1cc(C)nc(-c2nc(C)cc(C)n2)n1.ClCCl.ClCCl.ClCCl.ClCCl.O=S(=O)([O-])c1ccccc1[PH+](c1ccccc1)c1ccccc1.O=S(=O)([O-])c1ccccc1[PH+](c1ccccc1)c1ccccc1.O=S(=O)([O-])c1ccccc1[PH+](c1ccccc1)c1ccccc1.O=S(=O)([O-])c1ccccc1[PH+](c1ccccc1)c1ccccc1.[Cu+].[Cu+].[Cu+].[Cu+]. The number of aryl methyl sites for hydroxylation is 8. The number of alkyl halides is 8. The van der Waals surface area contributed by atoms with Crippen LogP contribution in [0.1, 0.15) is 45.6 Å². The first kappa shape index (κ1) is 127. The van der Waals surface area contributed by atoms with E-state index in [1.165, 1.54) is 24.3 Å². The first-order chi connectivity index (χ1) is 65.0. The monoisotopic (exact) mass is 2380 g/mol. The molecule has 748 valence electrons. The summed E-state index contributed by atoms with van der Waals surface area (Å²) in [6.45, 7) is 15.6. The number of halogens is 8. The predicted octanol–water partition coefficient (Wildman–Crippen LogP) is 18.3. The molecule has 0 aliphatic rings. The Morgan fingerprint density at radius 2 is 0.293 bits per heavy atom. The summed E-state index contributed by atoms with van der Waals surface area (Å²) in [6, 6.07) is 112. The van der Waals surface area contributed by atoms with Crippen molar-refractivity contribution < 1.29 is 120 Å². The molecule has 0 saturated heterocycles. The van der Waals surface area contributed by atoms with Crippen molar-refractivity contribution in [2.24, 2.45) is 0 Å². The van der Waals surface area contributed by atoms with Crippen LogP contribution < -0.4 is 63.7 Å². The van der Waals surface area contributed by atoms with Gasteiger partial charge in [0.25, 0.3) is 0 Å². The molecular formula is C100H96Cl8Cu4N8O12P4S4+4. The molecule has 0 amide bonds. The Morgan fingerprint density at radius 1 is 0.193 bits per heavy atom. The summed E-state index contributed by atoms with van der Waals surface area (Å²) in [6.07, 6.45) is 0. The molecule has 0 spiro atoms. The summed E-state index contributed by atoms with van der Waals surface area (Å²) in [5, 5.41) is 11.5. The largest absolute Gasteiger partial charge is 1.00 e. The van der Waals surface area contributed by atoms with Crippen LogP contribution in [0.4, 0.5) is 0 Å². The number of rotatable bonds is 18. The van der Waals surface area contributed by atoms with E-state index < -0.39 is 72.2 Å². The minimum Gasteiger partial charge on any atom is -0.744 e. The van der Waals surface area contributed by atoms with Crippen molar-refractivity contribution in [1.29, 1.82) is 0 Å². The first-order valence-corrected chi connectivity index (χ1v) is 56.8. The standard InChI is InChI=1S/4C18H15O3PS.2C12H14N4.4CH2Cl2.4Cu/c4*19-23(20,21)18-14-8-7-13-17(18)22(15-9-3-1-4-10-15)16-11-5-2-6-12-16;2*1-7-5-8(2)14-11(13-7)12-15-9(3)6-10(4)16-12;4*2-1-3;;;;/h4*1-14H,(H,19,20,21);2*5-6H,1-4H3;4*1H2;;;;/q;;;;;;;;;;4*+1. The maximum atomic E-state index is 11.7. The fourth-order valence-corrected chi connectivity index (χ4v) is 29.1. The zero-order chi connectivity index (χ0) is 99.4. The second kappa shape index (κ2) is 66.0. The molecule has 0 radical (unpaired) electrons. The van der Waals surface area contributed by atoms with Gasteiger partial charge < -0.3 is 18.2 Å². The van der Waals surface area contributed by atoms with Crippen molar-refractivity contribution in [3.05, 3.63) is 410 Å². The van der Waals surface area contributed by atoms with E-state index in [-0.39, 0.29) is 109 Å². The van der Waals surface area contributed by atoms with E-state index in [0.29, 0.717) is 44.5 Å². The molecule has 20 nitrogen and oxygen atoms in total. The molecular weight excluding hydrogens is 2300 g/mol. The smallest absolute Gasteiger partial charge is 0.744 e. The fourth-order valence-electron chi connectivity index (χ4n) is 13.6. The molecule has 0 N–H and O–H groups in total. The van der Waals surface area contributed by atoms with Gasteiger partial charge in [0.15, 0.2) is 23.3 Å². The van der Waals surface area contributed by atoms with Crippen LogP contribution in [0.2, 0.25) is 0 Å². The maximum Gasteiger partial charge on any atom is 1.00 e. The zero-order valence-electron chi connectivity index (χ0n) is 75.8. The Hall–Kier alpha value is -7.28. The van der Waals surface area contributed by atoms with Crippen molar-refractivity contribution in [3.63, 3.8) is 0 Å². The number of benzene rings is 12. The van der Waals surface area contributed by atoms with Gasteiger partial charge in [0, 0.05) is 45.6 Å². The third-order valence-corrected chi connectivity index (χ3v) is 34.0. The van der Waals surface area contributed by atoms with E-state index in [9.17, 15) is 51.9 Å². The zero-order valence-corrected chi connectivity index (χ0v) is 92.9. The summed E-state index contributed by atoms with van der Waals surface area (Å²) in [5.74, 6) is 2.40. The Bertz CT molecular complexity index is 5840.